The second kappa shape index (κ2) is 10.5. The molecule has 0 fully saturated rings. The molecule has 0 spiro atoms. The smallest absolute Gasteiger partial charge is 0.239 e. The number of nitrogens with one attached hydrogen (secondary N) is 2. The third-order valence-corrected chi connectivity index (χ3v) is 3.67. The summed E-state index contributed by atoms with van der Waals surface area (Å²) in [7, 11) is 1.60. The SMILES string of the molecule is COc1ccccc1NCC(=O)NC(C)(CN)C(C)C.Cl.Cl. The van der Waals surface area contributed by atoms with Gasteiger partial charge in [0.25, 0.3) is 0 Å². The molecule has 0 heterocycles. The molecule has 4 N–H and O–H groups in total. The van der Waals surface area contributed by atoms with Crippen LogP contribution in [0.15, 0.2) is 24.3 Å². The van der Waals surface area contributed by atoms with E-state index in [4.69, 9.17) is 10.5 Å². The first kappa shape index (κ1) is 23.1. The zero-order valence-electron chi connectivity index (χ0n) is 13.5. The maximum absolute atomic E-state index is 12.0. The van der Waals surface area contributed by atoms with Crippen LogP contribution in [-0.2, 0) is 4.79 Å². The summed E-state index contributed by atoms with van der Waals surface area (Å²) in [5.41, 5.74) is 6.16. The van der Waals surface area contributed by atoms with Gasteiger partial charge in [-0.2, -0.15) is 0 Å². The Morgan fingerprint density at radius 2 is 1.91 bits per heavy atom. The van der Waals surface area contributed by atoms with Crippen LogP contribution in [0.25, 0.3) is 0 Å². The van der Waals surface area contributed by atoms with Gasteiger partial charge in [0, 0.05) is 6.54 Å². The normalized spacial score (nSPS) is 12.5. The number of benzene rings is 1. The predicted molar refractivity (Wildman–Crippen MR) is 96.4 cm³/mol. The van der Waals surface area contributed by atoms with E-state index in [0.717, 1.165) is 5.69 Å². The molecule has 0 aliphatic rings. The molecule has 1 aromatic rings. The number of nitrogens with two attached hydrogens (primary N) is 1. The molecule has 128 valence electrons. The summed E-state index contributed by atoms with van der Waals surface area (Å²) in [6, 6.07) is 7.49. The molecule has 0 aliphatic heterocycles. The predicted octanol–water partition coefficient (Wildman–Crippen LogP) is 2.44. The Bertz CT molecular complexity index is 458. The van der Waals surface area contributed by atoms with Crippen LogP contribution in [0.1, 0.15) is 20.8 Å². The molecule has 0 radical (unpaired) electrons. The van der Waals surface area contributed by atoms with Crippen molar-refractivity contribution in [2.24, 2.45) is 11.7 Å². The van der Waals surface area contributed by atoms with Crippen LogP contribution in [-0.4, -0.2) is 31.6 Å². The third kappa shape index (κ3) is 6.30. The number of carbonyl (C=O) groups excluding carboxylic acids is 1. The molecule has 0 saturated carbocycles. The first-order valence-corrected chi connectivity index (χ1v) is 6.81. The van der Waals surface area contributed by atoms with Crippen molar-refractivity contribution in [1.29, 1.82) is 0 Å². The van der Waals surface area contributed by atoms with E-state index in [-0.39, 0.29) is 48.7 Å². The average molecular weight is 352 g/mol. The Morgan fingerprint density at radius 1 is 1.32 bits per heavy atom. The number of methoxy groups -OCH3 is 1. The summed E-state index contributed by atoms with van der Waals surface area (Å²) in [5, 5.41) is 6.05. The average Bonchev–Trinajstić information content (AvgIpc) is 2.45. The quantitative estimate of drug-likeness (QED) is 0.705. The lowest BCUT2D eigenvalue weighted by atomic mass is 9.88. The molecular weight excluding hydrogens is 325 g/mol. The molecule has 0 aliphatic carbocycles. The lowest BCUT2D eigenvalue weighted by molar-refractivity contribution is -0.121. The zero-order valence-corrected chi connectivity index (χ0v) is 15.1. The van der Waals surface area contributed by atoms with Crippen molar-refractivity contribution in [2.45, 2.75) is 26.3 Å². The van der Waals surface area contributed by atoms with Crippen LogP contribution < -0.4 is 21.1 Å². The summed E-state index contributed by atoms with van der Waals surface area (Å²) >= 11 is 0. The molecule has 7 heteroatoms. The van der Waals surface area contributed by atoms with Gasteiger partial charge in [-0.1, -0.05) is 26.0 Å². The maximum Gasteiger partial charge on any atom is 0.239 e. The minimum atomic E-state index is -0.389. The summed E-state index contributed by atoms with van der Waals surface area (Å²) < 4.78 is 5.22. The number of ether oxygens (including phenoxy) is 1. The Labute approximate surface area is 145 Å². The van der Waals surface area contributed by atoms with E-state index in [2.05, 4.69) is 10.6 Å². The van der Waals surface area contributed by atoms with Crippen molar-refractivity contribution in [2.75, 3.05) is 25.5 Å². The van der Waals surface area contributed by atoms with Crippen molar-refractivity contribution in [3.8, 4) is 5.75 Å². The molecule has 22 heavy (non-hydrogen) atoms. The van der Waals surface area contributed by atoms with E-state index in [1.807, 2.05) is 45.0 Å². The molecule has 1 atom stereocenters. The molecule has 0 saturated heterocycles. The van der Waals surface area contributed by atoms with Crippen LogP contribution >= 0.6 is 24.8 Å². The number of amides is 1. The lowest BCUT2D eigenvalue weighted by Crippen LogP contribution is -2.56. The number of anilines is 1. The standard InChI is InChI=1S/C15H25N3O2.2ClH/c1-11(2)15(3,10-16)18-14(19)9-17-12-7-5-6-8-13(12)20-4;;/h5-8,11,17H,9-10,16H2,1-4H3,(H,18,19);2*1H. The van der Waals surface area contributed by atoms with Gasteiger partial charge >= 0.3 is 0 Å². The summed E-state index contributed by atoms with van der Waals surface area (Å²) in [4.78, 5) is 12.0. The van der Waals surface area contributed by atoms with Gasteiger partial charge in [-0.25, -0.2) is 0 Å². The number of hydrogen-bond acceptors (Lipinski definition) is 4. The highest BCUT2D eigenvalue weighted by atomic mass is 35.5. The molecule has 1 rings (SSSR count). The fourth-order valence-electron chi connectivity index (χ4n) is 1.76. The Kier molecular flexibility index (Phi) is 11.1. The van der Waals surface area contributed by atoms with Crippen molar-refractivity contribution >= 4 is 36.4 Å². The monoisotopic (exact) mass is 351 g/mol. The maximum atomic E-state index is 12.0. The molecule has 0 aromatic heterocycles. The summed E-state index contributed by atoms with van der Waals surface area (Å²) in [6.07, 6.45) is 0. The van der Waals surface area contributed by atoms with E-state index < -0.39 is 0 Å². The highest BCUT2D eigenvalue weighted by Crippen LogP contribution is 2.22. The lowest BCUT2D eigenvalue weighted by Gasteiger charge is -2.33. The number of hydrogen-bond donors (Lipinski definition) is 3. The highest BCUT2D eigenvalue weighted by Gasteiger charge is 2.28. The Hall–Kier alpha value is -1.17. The van der Waals surface area contributed by atoms with Crippen LogP contribution in [0.2, 0.25) is 0 Å². The summed E-state index contributed by atoms with van der Waals surface area (Å²) in [6.45, 7) is 6.63. The van der Waals surface area contributed by atoms with Crippen LogP contribution in [0.4, 0.5) is 5.69 Å². The van der Waals surface area contributed by atoms with Crippen molar-refractivity contribution in [1.82, 2.24) is 5.32 Å². The van der Waals surface area contributed by atoms with E-state index >= 15 is 0 Å². The number of halogens is 2. The van der Waals surface area contributed by atoms with Gasteiger partial charge in [0.05, 0.1) is 24.9 Å². The van der Waals surface area contributed by atoms with Crippen molar-refractivity contribution < 1.29 is 9.53 Å². The first-order chi connectivity index (χ1) is 9.42. The van der Waals surface area contributed by atoms with Gasteiger partial charge in [-0.15, -0.1) is 24.8 Å². The van der Waals surface area contributed by atoms with E-state index in [1.54, 1.807) is 7.11 Å². The van der Waals surface area contributed by atoms with Crippen LogP contribution in [0, 0.1) is 5.92 Å². The van der Waals surface area contributed by atoms with Gasteiger partial charge in [-0.05, 0) is 25.0 Å². The summed E-state index contributed by atoms with van der Waals surface area (Å²) in [5.74, 6) is 0.894. The van der Waals surface area contributed by atoms with Gasteiger partial charge in [-0.3, -0.25) is 4.79 Å². The third-order valence-electron chi connectivity index (χ3n) is 3.67. The number of carbonyl (C=O) groups is 1. The van der Waals surface area contributed by atoms with Gasteiger partial charge in [0.1, 0.15) is 5.75 Å². The molecule has 0 bridgehead atoms. The molecule has 1 aromatic carbocycles. The van der Waals surface area contributed by atoms with Crippen LogP contribution in [0.5, 0.6) is 5.75 Å². The van der Waals surface area contributed by atoms with Crippen molar-refractivity contribution in [3.05, 3.63) is 24.3 Å². The van der Waals surface area contributed by atoms with Gasteiger partial charge in [0.15, 0.2) is 0 Å². The number of para-hydroxylation sites is 2. The van der Waals surface area contributed by atoms with Gasteiger partial charge in [0.2, 0.25) is 5.91 Å². The molecule has 5 nitrogen and oxygen atoms in total. The highest BCUT2D eigenvalue weighted by molar-refractivity contribution is 5.85. The fraction of sp³-hybridized carbons (Fsp3) is 0.533. The molecule has 1 unspecified atom stereocenters. The van der Waals surface area contributed by atoms with E-state index in [9.17, 15) is 4.79 Å². The van der Waals surface area contributed by atoms with E-state index in [1.165, 1.54) is 0 Å². The fourth-order valence-corrected chi connectivity index (χ4v) is 1.76. The minimum Gasteiger partial charge on any atom is -0.495 e. The topological polar surface area (TPSA) is 76.4 Å². The number of rotatable bonds is 7. The van der Waals surface area contributed by atoms with Gasteiger partial charge < -0.3 is 21.1 Å². The Morgan fingerprint density at radius 3 is 2.41 bits per heavy atom. The van der Waals surface area contributed by atoms with Crippen molar-refractivity contribution in [3.63, 3.8) is 0 Å². The molecule has 1 amide bonds. The zero-order chi connectivity index (χ0) is 15.2. The first-order valence-electron chi connectivity index (χ1n) is 6.81. The Balaban J connectivity index is 0. The largest absolute Gasteiger partial charge is 0.495 e. The van der Waals surface area contributed by atoms with Crippen LogP contribution in [0.3, 0.4) is 0 Å². The minimum absolute atomic E-state index is 0. The van der Waals surface area contributed by atoms with E-state index in [0.29, 0.717) is 12.3 Å². The molecular formula is C15H27Cl2N3O2. The second-order valence-corrected chi connectivity index (χ2v) is 5.38. The second-order valence-electron chi connectivity index (χ2n) is 5.38.